The maximum absolute atomic E-state index is 11.5. The molecule has 0 aromatic heterocycles. The highest BCUT2D eigenvalue weighted by Crippen LogP contribution is 2.32. The van der Waals surface area contributed by atoms with Crippen LogP contribution in [0.2, 0.25) is 0 Å². The van der Waals surface area contributed by atoms with Gasteiger partial charge in [0.05, 0.1) is 0 Å². The summed E-state index contributed by atoms with van der Waals surface area (Å²) in [5, 5.41) is 2.85. The zero-order valence-electron chi connectivity index (χ0n) is 13.2. The van der Waals surface area contributed by atoms with Crippen molar-refractivity contribution in [1.29, 1.82) is 0 Å². The number of ether oxygens (including phenoxy) is 2. The summed E-state index contributed by atoms with van der Waals surface area (Å²) in [6.07, 6.45) is 9.39. The van der Waals surface area contributed by atoms with E-state index in [1.54, 1.807) is 6.08 Å². The quantitative estimate of drug-likeness (QED) is 0.619. The van der Waals surface area contributed by atoms with Gasteiger partial charge in [-0.1, -0.05) is 38.1 Å². The number of nitrogens with one attached hydrogen (secondary N) is 1. The van der Waals surface area contributed by atoms with Crippen LogP contribution in [0.4, 0.5) is 0 Å². The molecule has 1 aliphatic heterocycles. The second kappa shape index (κ2) is 8.27. The number of hydrogen-bond acceptors (Lipinski definition) is 3. The van der Waals surface area contributed by atoms with E-state index < -0.39 is 0 Å². The summed E-state index contributed by atoms with van der Waals surface area (Å²) in [7, 11) is 0. The Balaban J connectivity index is 1.69. The van der Waals surface area contributed by atoms with Gasteiger partial charge >= 0.3 is 0 Å². The summed E-state index contributed by atoms with van der Waals surface area (Å²) >= 11 is 0. The summed E-state index contributed by atoms with van der Waals surface area (Å²) in [4.78, 5) is 11.5. The van der Waals surface area contributed by atoms with Gasteiger partial charge < -0.3 is 14.8 Å². The zero-order chi connectivity index (χ0) is 15.8. The van der Waals surface area contributed by atoms with Gasteiger partial charge in [-0.15, -0.1) is 0 Å². The summed E-state index contributed by atoms with van der Waals surface area (Å²) in [5.74, 6) is 2.05. The van der Waals surface area contributed by atoms with E-state index in [-0.39, 0.29) is 5.91 Å². The van der Waals surface area contributed by atoms with E-state index in [0.29, 0.717) is 19.3 Å². The number of unbranched alkanes of at least 4 members (excludes halogenated alkanes) is 1. The molecule has 1 N–H and O–H groups in total. The minimum Gasteiger partial charge on any atom is -0.454 e. The van der Waals surface area contributed by atoms with Gasteiger partial charge in [-0.25, -0.2) is 0 Å². The van der Waals surface area contributed by atoms with Crippen molar-refractivity contribution in [1.82, 2.24) is 5.32 Å². The average Bonchev–Trinajstić information content (AvgIpc) is 2.96. The fourth-order valence-corrected chi connectivity index (χ4v) is 1.98. The Morgan fingerprint density at radius 2 is 2.00 bits per heavy atom. The molecule has 0 spiro atoms. The first-order valence-electron chi connectivity index (χ1n) is 7.65. The predicted molar refractivity (Wildman–Crippen MR) is 87.8 cm³/mol. The molecule has 1 amide bonds. The molecule has 2 rings (SSSR count). The number of amides is 1. The van der Waals surface area contributed by atoms with Crippen LogP contribution in [0, 0.1) is 5.92 Å². The Bertz CT molecular complexity index is 561. The van der Waals surface area contributed by atoms with E-state index >= 15 is 0 Å². The lowest BCUT2D eigenvalue weighted by atomic mass is 10.1. The molecule has 0 radical (unpaired) electrons. The van der Waals surface area contributed by atoms with Gasteiger partial charge in [0.15, 0.2) is 11.5 Å². The lowest BCUT2D eigenvalue weighted by molar-refractivity contribution is -0.116. The zero-order valence-corrected chi connectivity index (χ0v) is 13.2. The maximum Gasteiger partial charge on any atom is 0.243 e. The molecule has 22 heavy (non-hydrogen) atoms. The number of carbonyl (C=O) groups is 1. The second-order valence-corrected chi connectivity index (χ2v) is 5.63. The van der Waals surface area contributed by atoms with Gasteiger partial charge in [0.1, 0.15) is 0 Å². The number of fused-ring (bicyclic) bond motifs is 1. The van der Waals surface area contributed by atoms with Crippen molar-refractivity contribution in [2.24, 2.45) is 5.92 Å². The van der Waals surface area contributed by atoms with Crippen LogP contribution in [0.15, 0.2) is 36.4 Å². The third-order valence-corrected chi connectivity index (χ3v) is 3.16. The SMILES string of the molecule is CC(C)CNC(=O)C=CCCC=Cc1ccc2c(c1)OCO2. The standard InChI is InChI=1S/C18H23NO3/c1-14(2)12-19-18(20)8-6-4-3-5-7-15-9-10-16-17(11-15)22-13-21-16/h5-11,14H,3-4,12-13H2,1-2H3,(H,19,20). The van der Waals surface area contributed by atoms with Crippen molar-refractivity contribution in [2.75, 3.05) is 13.3 Å². The first kappa shape index (κ1) is 16.1. The Morgan fingerprint density at radius 1 is 1.23 bits per heavy atom. The number of benzene rings is 1. The summed E-state index contributed by atoms with van der Waals surface area (Å²) in [6.45, 7) is 5.16. The summed E-state index contributed by atoms with van der Waals surface area (Å²) in [6, 6.07) is 5.88. The summed E-state index contributed by atoms with van der Waals surface area (Å²) in [5.41, 5.74) is 1.09. The highest BCUT2D eigenvalue weighted by Gasteiger charge is 2.11. The Morgan fingerprint density at radius 3 is 2.82 bits per heavy atom. The third kappa shape index (κ3) is 5.28. The molecule has 0 saturated heterocycles. The van der Waals surface area contributed by atoms with Crippen LogP contribution in [0.1, 0.15) is 32.3 Å². The molecule has 0 atom stereocenters. The summed E-state index contributed by atoms with van der Waals surface area (Å²) < 4.78 is 10.6. The molecule has 1 aliphatic rings. The molecule has 118 valence electrons. The molecule has 0 fully saturated rings. The lowest BCUT2D eigenvalue weighted by Gasteiger charge is -2.03. The van der Waals surface area contributed by atoms with E-state index in [9.17, 15) is 4.79 Å². The van der Waals surface area contributed by atoms with Gasteiger partial charge in [0, 0.05) is 6.54 Å². The second-order valence-electron chi connectivity index (χ2n) is 5.63. The van der Waals surface area contributed by atoms with E-state index in [1.165, 1.54) is 0 Å². The van der Waals surface area contributed by atoms with Crippen LogP contribution in [0.3, 0.4) is 0 Å². The molecule has 4 heteroatoms. The molecule has 0 bridgehead atoms. The van der Waals surface area contributed by atoms with Crippen molar-refractivity contribution in [3.63, 3.8) is 0 Å². The van der Waals surface area contributed by atoms with Gasteiger partial charge in [0.2, 0.25) is 12.7 Å². The molecule has 0 aliphatic carbocycles. The first-order valence-corrected chi connectivity index (χ1v) is 7.65. The Labute approximate surface area is 131 Å². The Hall–Kier alpha value is -2.23. The minimum absolute atomic E-state index is 0.0200. The van der Waals surface area contributed by atoms with Crippen molar-refractivity contribution >= 4 is 12.0 Å². The molecule has 1 heterocycles. The van der Waals surface area contributed by atoms with Crippen LogP contribution < -0.4 is 14.8 Å². The fourth-order valence-electron chi connectivity index (χ4n) is 1.98. The highest BCUT2D eigenvalue weighted by atomic mass is 16.7. The van der Waals surface area contributed by atoms with Crippen molar-refractivity contribution in [3.8, 4) is 11.5 Å². The van der Waals surface area contributed by atoms with E-state index in [0.717, 1.165) is 29.9 Å². The molecule has 4 nitrogen and oxygen atoms in total. The van der Waals surface area contributed by atoms with Gasteiger partial charge in [-0.05, 0) is 42.5 Å². The molecular formula is C18H23NO3. The van der Waals surface area contributed by atoms with E-state index in [2.05, 4.69) is 31.3 Å². The Kier molecular flexibility index (Phi) is 6.07. The van der Waals surface area contributed by atoms with Gasteiger partial charge in [0.25, 0.3) is 0 Å². The molecule has 1 aromatic carbocycles. The number of carbonyl (C=O) groups excluding carboxylic acids is 1. The smallest absolute Gasteiger partial charge is 0.243 e. The van der Waals surface area contributed by atoms with Crippen LogP contribution in [-0.4, -0.2) is 19.2 Å². The maximum atomic E-state index is 11.5. The number of allylic oxidation sites excluding steroid dienone is 2. The number of hydrogen-bond donors (Lipinski definition) is 1. The van der Waals surface area contributed by atoms with Gasteiger partial charge in [-0.3, -0.25) is 4.79 Å². The largest absolute Gasteiger partial charge is 0.454 e. The van der Waals surface area contributed by atoms with Crippen LogP contribution in [0.5, 0.6) is 11.5 Å². The van der Waals surface area contributed by atoms with Crippen LogP contribution >= 0.6 is 0 Å². The third-order valence-electron chi connectivity index (χ3n) is 3.16. The van der Waals surface area contributed by atoms with E-state index in [4.69, 9.17) is 9.47 Å². The van der Waals surface area contributed by atoms with Crippen molar-refractivity contribution in [2.45, 2.75) is 26.7 Å². The fraction of sp³-hybridized carbons (Fsp3) is 0.389. The first-order chi connectivity index (χ1) is 10.6. The molecule has 0 unspecified atom stereocenters. The predicted octanol–water partition coefficient (Wildman–Crippen LogP) is 3.54. The lowest BCUT2D eigenvalue weighted by Crippen LogP contribution is -2.25. The van der Waals surface area contributed by atoms with Crippen LogP contribution in [0.25, 0.3) is 6.08 Å². The monoisotopic (exact) mass is 301 g/mol. The molecular weight excluding hydrogens is 278 g/mol. The molecule has 1 aromatic rings. The highest BCUT2D eigenvalue weighted by molar-refractivity contribution is 5.87. The van der Waals surface area contributed by atoms with Crippen molar-refractivity contribution in [3.05, 3.63) is 42.0 Å². The van der Waals surface area contributed by atoms with E-state index in [1.807, 2.05) is 24.3 Å². The molecule has 0 saturated carbocycles. The average molecular weight is 301 g/mol. The minimum atomic E-state index is -0.0200. The van der Waals surface area contributed by atoms with Crippen LogP contribution in [-0.2, 0) is 4.79 Å². The normalized spacial score (nSPS) is 13.4. The van der Waals surface area contributed by atoms with Crippen molar-refractivity contribution < 1.29 is 14.3 Å². The van der Waals surface area contributed by atoms with Gasteiger partial charge in [-0.2, -0.15) is 0 Å². The topological polar surface area (TPSA) is 47.6 Å². The number of rotatable bonds is 7.